The smallest absolute Gasteiger partial charge is 0.310 e. The number of para-hydroxylation sites is 1. The molecule has 0 radical (unpaired) electrons. The molecule has 4 heteroatoms. The maximum Gasteiger partial charge on any atom is 0.310 e. The molecular formula is C14H15NO3. The number of fused-ring (bicyclic) bond motifs is 1. The zero-order chi connectivity index (χ0) is 12.8. The summed E-state index contributed by atoms with van der Waals surface area (Å²) in [5.74, 6) is -0.260. The zero-order valence-corrected chi connectivity index (χ0v) is 10.3. The Kier molecular flexibility index (Phi) is 4.25. The number of nitrogens with zero attached hydrogens (tertiary/aromatic N) is 1. The maximum atomic E-state index is 11.5. The van der Waals surface area contributed by atoms with Crippen LogP contribution in [-0.2, 0) is 20.7 Å². The Morgan fingerprint density at radius 2 is 2.11 bits per heavy atom. The third-order valence-electron chi connectivity index (χ3n) is 2.55. The fourth-order valence-electron chi connectivity index (χ4n) is 1.67. The van der Waals surface area contributed by atoms with E-state index in [1.807, 2.05) is 30.3 Å². The lowest BCUT2D eigenvalue weighted by atomic mass is 10.1. The molecule has 4 nitrogen and oxygen atoms in total. The average Bonchev–Trinajstić information content (AvgIpc) is 2.39. The molecule has 1 aromatic heterocycles. The van der Waals surface area contributed by atoms with Crippen LogP contribution in [0.1, 0.15) is 5.56 Å². The predicted octanol–water partition coefficient (Wildman–Crippen LogP) is 1.97. The normalized spacial score (nSPS) is 10.5. The summed E-state index contributed by atoms with van der Waals surface area (Å²) in [5.41, 5.74) is 1.78. The number of ether oxygens (including phenoxy) is 2. The third-order valence-corrected chi connectivity index (χ3v) is 2.55. The highest BCUT2D eigenvalue weighted by Gasteiger charge is 2.05. The highest BCUT2D eigenvalue weighted by Crippen LogP contribution is 2.13. The van der Waals surface area contributed by atoms with Crippen molar-refractivity contribution >= 4 is 16.9 Å². The molecule has 0 saturated heterocycles. The van der Waals surface area contributed by atoms with Gasteiger partial charge in [0.1, 0.15) is 6.61 Å². The van der Waals surface area contributed by atoms with Gasteiger partial charge in [0, 0.05) is 18.7 Å². The van der Waals surface area contributed by atoms with Crippen molar-refractivity contribution in [3.8, 4) is 0 Å². The van der Waals surface area contributed by atoms with Crippen LogP contribution < -0.4 is 0 Å². The highest BCUT2D eigenvalue weighted by molar-refractivity contribution is 5.80. The van der Waals surface area contributed by atoms with Crippen molar-refractivity contribution in [2.45, 2.75) is 6.42 Å². The number of carbonyl (C=O) groups is 1. The average molecular weight is 245 g/mol. The van der Waals surface area contributed by atoms with Crippen LogP contribution in [0.15, 0.2) is 36.5 Å². The maximum absolute atomic E-state index is 11.5. The van der Waals surface area contributed by atoms with Crippen LogP contribution in [0.2, 0.25) is 0 Å². The second-order valence-corrected chi connectivity index (χ2v) is 3.93. The van der Waals surface area contributed by atoms with Crippen LogP contribution in [0.5, 0.6) is 0 Å². The minimum atomic E-state index is -0.260. The number of aromatic nitrogens is 1. The Bertz CT molecular complexity index is 539. The molecule has 0 unspecified atom stereocenters. The molecule has 0 aliphatic carbocycles. The molecule has 0 N–H and O–H groups in total. The van der Waals surface area contributed by atoms with Gasteiger partial charge in [-0.25, -0.2) is 0 Å². The number of rotatable bonds is 5. The van der Waals surface area contributed by atoms with Crippen molar-refractivity contribution in [3.63, 3.8) is 0 Å². The number of hydrogen-bond acceptors (Lipinski definition) is 4. The molecule has 0 saturated carbocycles. The Labute approximate surface area is 106 Å². The van der Waals surface area contributed by atoms with E-state index in [-0.39, 0.29) is 19.0 Å². The first-order valence-electron chi connectivity index (χ1n) is 5.78. The first-order chi connectivity index (χ1) is 8.79. The Hall–Kier alpha value is -1.94. The van der Waals surface area contributed by atoms with Crippen molar-refractivity contribution in [3.05, 3.63) is 42.1 Å². The third kappa shape index (κ3) is 3.28. The summed E-state index contributed by atoms with van der Waals surface area (Å²) in [6.45, 7) is 0.706. The molecule has 2 rings (SSSR count). The van der Waals surface area contributed by atoms with Gasteiger partial charge < -0.3 is 9.47 Å². The van der Waals surface area contributed by atoms with Crippen molar-refractivity contribution < 1.29 is 14.3 Å². The standard InChI is InChI=1S/C14H15NO3/c1-17-6-7-18-14(16)9-11-8-12-4-2-3-5-13(12)15-10-11/h2-5,8,10H,6-7,9H2,1H3. The van der Waals surface area contributed by atoms with Gasteiger partial charge in [-0.05, 0) is 17.7 Å². The van der Waals surface area contributed by atoms with Gasteiger partial charge in [-0.15, -0.1) is 0 Å². The monoisotopic (exact) mass is 245 g/mol. The van der Waals surface area contributed by atoms with Crippen molar-refractivity contribution in [2.24, 2.45) is 0 Å². The lowest BCUT2D eigenvalue weighted by Gasteiger charge is -2.04. The lowest BCUT2D eigenvalue weighted by Crippen LogP contribution is -2.12. The van der Waals surface area contributed by atoms with Crippen molar-refractivity contribution in [1.82, 2.24) is 4.98 Å². The van der Waals surface area contributed by atoms with Gasteiger partial charge in [0.25, 0.3) is 0 Å². The summed E-state index contributed by atoms with van der Waals surface area (Å²) >= 11 is 0. The van der Waals surface area contributed by atoms with E-state index in [4.69, 9.17) is 9.47 Å². The first kappa shape index (κ1) is 12.5. The topological polar surface area (TPSA) is 48.4 Å². The Balaban J connectivity index is 2.01. The van der Waals surface area contributed by atoms with Gasteiger partial charge in [-0.1, -0.05) is 18.2 Å². The minimum Gasteiger partial charge on any atom is -0.463 e. The van der Waals surface area contributed by atoms with E-state index in [2.05, 4.69) is 4.98 Å². The molecule has 18 heavy (non-hydrogen) atoms. The molecule has 2 aromatic rings. The van der Waals surface area contributed by atoms with Crippen LogP contribution in [0.4, 0.5) is 0 Å². The second-order valence-electron chi connectivity index (χ2n) is 3.93. The summed E-state index contributed by atoms with van der Waals surface area (Å²) in [6.07, 6.45) is 1.95. The highest BCUT2D eigenvalue weighted by atomic mass is 16.6. The van der Waals surface area contributed by atoms with Gasteiger partial charge in [0.15, 0.2) is 0 Å². The summed E-state index contributed by atoms with van der Waals surface area (Å²) < 4.78 is 9.82. The summed E-state index contributed by atoms with van der Waals surface area (Å²) in [4.78, 5) is 15.8. The number of hydrogen-bond donors (Lipinski definition) is 0. The van der Waals surface area contributed by atoms with E-state index in [1.165, 1.54) is 0 Å². The molecule has 1 aromatic carbocycles. The van der Waals surface area contributed by atoms with Gasteiger partial charge in [0.05, 0.1) is 18.5 Å². The van der Waals surface area contributed by atoms with Gasteiger partial charge in [-0.3, -0.25) is 9.78 Å². The largest absolute Gasteiger partial charge is 0.463 e. The fourth-order valence-corrected chi connectivity index (χ4v) is 1.67. The number of benzene rings is 1. The van der Waals surface area contributed by atoms with Crippen molar-refractivity contribution in [2.75, 3.05) is 20.3 Å². The summed E-state index contributed by atoms with van der Waals surface area (Å²) in [5, 5.41) is 1.03. The predicted molar refractivity (Wildman–Crippen MR) is 68.3 cm³/mol. The SMILES string of the molecule is COCCOC(=O)Cc1cnc2ccccc2c1. The van der Waals surface area contributed by atoms with Gasteiger partial charge in [-0.2, -0.15) is 0 Å². The lowest BCUT2D eigenvalue weighted by molar-refractivity contribution is -0.144. The number of esters is 1. The Morgan fingerprint density at radius 3 is 2.94 bits per heavy atom. The van der Waals surface area contributed by atoms with E-state index >= 15 is 0 Å². The number of methoxy groups -OCH3 is 1. The summed E-state index contributed by atoms with van der Waals surface area (Å²) in [7, 11) is 1.57. The summed E-state index contributed by atoms with van der Waals surface area (Å²) in [6, 6.07) is 9.76. The van der Waals surface area contributed by atoms with E-state index in [0.717, 1.165) is 16.5 Å². The molecule has 0 amide bonds. The van der Waals surface area contributed by atoms with E-state index in [0.29, 0.717) is 6.61 Å². The molecule has 0 atom stereocenters. The molecule has 0 aliphatic heterocycles. The Morgan fingerprint density at radius 1 is 1.28 bits per heavy atom. The fraction of sp³-hybridized carbons (Fsp3) is 0.286. The number of carbonyl (C=O) groups excluding carboxylic acids is 1. The molecule has 1 heterocycles. The van der Waals surface area contributed by atoms with Crippen LogP contribution in [-0.4, -0.2) is 31.3 Å². The molecule has 0 fully saturated rings. The molecular weight excluding hydrogens is 230 g/mol. The van der Waals surface area contributed by atoms with Crippen LogP contribution >= 0.6 is 0 Å². The van der Waals surface area contributed by atoms with Gasteiger partial charge >= 0.3 is 5.97 Å². The minimum absolute atomic E-state index is 0.238. The van der Waals surface area contributed by atoms with Crippen LogP contribution in [0, 0.1) is 0 Å². The van der Waals surface area contributed by atoms with E-state index in [1.54, 1.807) is 13.3 Å². The number of pyridine rings is 1. The molecule has 0 aliphatic rings. The molecule has 0 spiro atoms. The van der Waals surface area contributed by atoms with E-state index in [9.17, 15) is 4.79 Å². The molecule has 0 bridgehead atoms. The van der Waals surface area contributed by atoms with Gasteiger partial charge in [0.2, 0.25) is 0 Å². The van der Waals surface area contributed by atoms with Crippen LogP contribution in [0.3, 0.4) is 0 Å². The van der Waals surface area contributed by atoms with E-state index < -0.39 is 0 Å². The first-order valence-corrected chi connectivity index (χ1v) is 5.78. The second kappa shape index (κ2) is 6.12. The van der Waals surface area contributed by atoms with Crippen molar-refractivity contribution in [1.29, 1.82) is 0 Å². The quantitative estimate of drug-likeness (QED) is 0.597. The molecule has 94 valence electrons. The zero-order valence-electron chi connectivity index (χ0n) is 10.3. The van der Waals surface area contributed by atoms with Crippen LogP contribution in [0.25, 0.3) is 10.9 Å².